The largest absolute Gasteiger partial charge is 0.442 e. The molecule has 2 aromatic rings. The van der Waals surface area contributed by atoms with Crippen molar-refractivity contribution >= 4 is 5.97 Å². The van der Waals surface area contributed by atoms with Crippen LogP contribution in [0.15, 0.2) is 54.6 Å². The molecule has 3 nitrogen and oxygen atoms in total. The van der Waals surface area contributed by atoms with Crippen molar-refractivity contribution in [3.8, 4) is 6.07 Å². The van der Waals surface area contributed by atoms with Gasteiger partial charge in [0.2, 0.25) is 6.10 Å². The second kappa shape index (κ2) is 6.53. The van der Waals surface area contributed by atoms with Crippen LogP contribution in [0.3, 0.4) is 0 Å². The molecule has 0 unspecified atom stereocenters. The van der Waals surface area contributed by atoms with Gasteiger partial charge in [-0.25, -0.2) is 0 Å². The molecule has 0 aliphatic rings. The molecule has 2 rings (SSSR count). The SMILES string of the molecule is Cc1ccccc1CC(=O)O[C@@H](C#N)c1ccccc1. The Morgan fingerprint density at radius 1 is 1.15 bits per heavy atom. The van der Waals surface area contributed by atoms with E-state index in [1.54, 1.807) is 12.1 Å². The molecule has 2 aromatic carbocycles. The quantitative estimate of drug-likeness (QED) is 0.796. The first-order valence-electron chi connectivity index (χ1n) is 6.39. The molecule has 0 fully saturated rings. The Morgan fingerprint density at radius 3 is 2.45 bits per heavy atom. The fourth-order valence-electron chi connectivity index (χ4n) is 1.93. The summed E-state index contributed by atoms with van der Waals surface area (Å²) in [7, 11) is 0. The molecule has 0 saturated heterocycles. The number of carbonyl (C=O) groups excluding carboxylic acids is 1. The highest BCUT2D eigenvalue weighted by atomic mass is 16.5. The van der Waals surface area contributed by atoms with Gasteiger partial charge in [0, 0.05) is 5.56 Å². The van der Waals surface area contributed by atoms with Crippen LogP contribution in [0.25, 0.3) is 0 Å². The van der Waals surface area contributed by atoms with E-state index < -0.39 is 12.1 Å². The van der Waals surface area contributed by atoms with Crippen molar-refractivity contribution in [1.82, 2.24) is 0 Å². The zero-order valence-corrected chi connectivity index (χ0v) is 11.2. The number of ether oxygens (including phenoxy) is 1. The summed E-state index contributed by atoms with van der Waals surface area (Å²) in [4.78, 5) is 11.9. The van der Waals surface area contributed by atoms with Crippen molar-refractivity contribution < 1.29 is 9.53 Å². The van der Waals surface area contributed by atoms with Gasteiger partial charge in [-0.2, -0.15) is 5.26 Å². The van der Waals surface area contributed by atoms with Gasteiger partial charge >= 0.3 is 5.97 Å². The summed E-state index contributed by atoms with van der Waals surface area (Å²) in [5.41, 5.74) is 2.65. The summed E-state index contributed by atoms with van der Waals surface area (Å²) in [6, 6.07) is 18.7. The zero-order valence-electron chi connectivity index (χ0n) is 11.2. The minimum absolute atomic E-state index is 0.178. The van der Waals surface area contributed by atoms with Gasteiger partial charge in [0.25, 0.3) is 0 Å². The number of benzene rings is 2. The molecule has 3 heteroatoms. The van der Waals surface area contributed by atoms with Gasteiger partial charge in [0.05, 0.1) is 6.42 Å². The minimum Gasteiger partial charge on any atom is -0.442 e. The van der Waals surface area contributed by atoms with E-state index in [1.807, 2.05) is 55.5 Å². The van der Waals surface area contributed by atoms with Gasteiger partial charge in [-0.05, 0) is 18.1 Å². The van der Waals surface area contributed by atoms with Crippen LogP contribution in [0, 0.1) is 18.3 Å². The van der Waals surface area contributed by atoms with Crippen molar-refractivity contribution in [3.63, 3.8) is 0 Å². The lowest BCUT2D eigenvalue weighted by atomic mass is 10.1. The Balaban J connectivity index is 2.04. The van der Waals surface area contributed by atoms with E-state index in [9.17, 15) is 4.79 Å². The van der Waals surface area contributed by atoms with E-state index >= 15 is 0 Å². The maximum atomic E-state index is 11.9. The highest BCUT2D eigenvalue weighted by Gasteiger charge is 2.16. The lowest BCUT2D eigenvalue weighted by molar-refractivity contribution is -0.146. The minimum atomic E-state index is -0.854. The fourth-order valence-corrected chi connectivity index (χ4v) is 1.93. The molecular weight excluding hydrogens is 250 g/mol. The van der Waals surface area contributed by atoms with Gasteiger partial charge in [0.1, 0.15) is 6.07 Å². The molecular formula is C17H15NO2. The van der Waals surface area contributed by atoms with Crippen molar-refractivity contribution in [1.29, 1.82) is 5.26 Å². The van der Waals surface area contributed by atoms with E-state index in [0.717, 1.165) is 11.1 Å². The Hall–Kier alpha value is -2.60. The molecule has 100 valence electrons. The number of nitriles is 1. The van der Waals surface area contributed by atoms with Gasteiger partial charge in [-0.3, -0.25) is 4.79 Å². The first-order chi connectivity index (χ1) is 9.70. The van der Waals surface area contributed by atoms with Crippen molar-refractivity contribution in [2.24, 2.45) is 0 Å². The van der Waals surface area contributed by atoms with Crippen LogP contribution in [0.5, 0.6) is 0 Å². The Labute approximate surface area is 118 Å². The van der Waals surface area contributed by atoms with Crippen molar-refractivity contribution in [3.05, 3.63) is 71.3 Å². The third-order valence-corrected chi connectivity index (χ3v) is 3.06. The molecule has 0 aliphatic heterocycles. The highest BCUT2D eigenvalue weighted by Crippen LogP contribution is 2.17. The van der Waals surface area contributed by atoms with Crippen LogP contribution in [0.2, 0.25) is 0 Å². The van der Waals surface area contributed by atoms with Gasteiger partial charge in [0.15, 0.2) is 0 Å². The van der Waals surface area contributed by atoms with E-state index in [0.29, 0.717) is 5.56 Å². The summed E-state index contributed by atoms with van der Waals surface area (Å²) in [5, 5.41) is 9.12. The van der Waals surface area contributed by atoms with Crippen molar-refractivity contribution in [2.45, 2.75) is 19.4 Å². The van der Waals surface area contributed by atoms with Crippen LogP contribution < -0.4 is 0 Å². The van der Waals surface area contributed by atoms with Crippen LogP contribution in [-0.4, -0.2) is 5.97 Å². The molecule has 0 aliphatic carbocycles. The molecule has 20 heavy (non-hydrogen) atoms. The normalized spacial score (nSPS) is 11.4. The summed E-state index contributed by atoms with van der Waals surface area (Å²) < 4.78 is 5.24. The smallest absolute Gasteiger partial charge is 0.311 e. The molecule has 0 amide bonds. The first-order valence-corrected chi connectivity index (χ1v) is 6.39. The molecule has 0 N–H and O–H groups in total. The number of rotatable bonds is 4. The molecule has 0 heterocycles. The summed E-state index contributed by atoms with van der Waals surface area (Å²) >= 11 is 0. The summed E-state index contributed by atoms with van der Waals surface area (Å²) in [5.74, 6) is -0.394. The van der Waals surface area contributed by atoms with Crippen LogP contribution in [-0.2, 0) is 16.0 Å². The van der Waals surface area contributed by atoms with E-state index in [4.69, 9.17) is 10.00 Å². The lowest BCUT2D eigenvalue weighted by Crippen LogP contribution is -2.13. The standard InChI is InChI=1S/C17H15NO2/c1-13-7-5-6-10-15(13)11-17(19)20-16(12-18)14-8-3-2-4-9-14/h2-10,16H,11H2,1H3/t16-/m0/s1. The predicted molar refractivity (Wildman–Crippen MR) is 75.8 cm³/mol. The van der Waals surface area contributed by atoms with Crippen LogP contribution >= 0.6 is 0 Å². The third-order valence-electron chi connectivity index (χ3n) is 3.06. The van der Waals surface area contributed by atoms with Crippen molar-refractivity contribution in [2.75, 3.05) is 0 Å². The Kier molecular flexibility index (Phi) is 4.52. The number of aryl methyl sites for hydroxylation is 1. The van der Waals surface area contributed by atoms with E-state index in [2.05, 4.69) is 0 Å². The highest BCUT2D eigenvalue weighted by molar-refractivity contribution is 5.73. The Bertz CT molecular complexity index is 629. The van der Waals surface area contributed by atoms with Crippen LogP contribution in [0.1, 0.15) is 22.8 Å². The Morgan fingerprint density at radius 2 is 1.80 bits per heavy atom. The maximum absolute atomic E-state index is 11.9. The number of carbonyl (C=O) groups is 1. The number of esters is 1. The second-order valence-corrected chi connectivity index (χ2v) is 4.51. The predicted octanol–water partition coefficient (Wildman–Crippen LogP) is 3.35. The molecule has 0 saturated carbocycles. The molecule has 0 aromatic heterocycles. The van der Waals surface area contributed by atoms with Gasteiger partial charge in [-0.15, -0.1) is 0 Å². The average molecular weight is 265 g/mol. The first kappa shape index (κ1) is 13.8. The molecule has 1 atom stereocenters. The average Bonchev–Trinajstić information content (AvgIpc) is 2.48. The van der Waals surface area contributed by atoms with Crippen LogP contribution in [0.4, 0.5) is 0 Å². The third kappa shape index (κ3) is 3.46. The summed E-state index contributed by atoms with van der Waals surface area (Å²) in [6.45, 7) is 1.95. The molecule has 0 radical (unpaired) electrons. The molecule has 0 spiro atoms. The fraction of sp³-hybridized carbons (Fsp3) is 0.176. The molecule has 0 bridgehead atoms. The van der Waals surface area contributed by atoms with E-state index in [-0.39, 0.29) is 6.42 Å². The van der Waals surface area contributed by atoms with Gasteiger partial charge in [-0.1, -0.05) is 54.6 Å². The summed E-state index contributed by atoms with van der Waals surface area (Å²) in [6.07, 6.45) is -0.676. The topological polar surface area (TPSA) is 50.1 Å². The van der Waals surface area contributed by atoms with Gasteiger partial charge < -0.3 is 4.74 Å². The van der Waals surface area contributed by atoms with E-state index in [1.165, 1.54) is 0 Å². The maximum Gasteiger partial charge on any atom is 0.311 e. The second-order valence-electron chi connectivity index (χ2n) is 4.51. The number of hydrogen-bond donors (Lipinski definition) is 0. The number of hydrogen-bond acceptors (Lipinski definition) is 3. The number of nitrogens with zero attached hydrogens (tertiary/aromatic N) is 1. The monoisotopic (exact) mass is 265 g/mol. The zero-order chi connectivity index (χ0) is 14.4. The lowest BCUT2D eigenvalue weighted by Gasteiger charge is -2.12.